The van der Waals surface area contributed by atoms with Crippen molar-refractivity contribution in [2.24, 2.45) is 0 Å². The largest absolute Gasteiger partial charge is 0.335 e. The van der Waals surface area contributed by atoms with Crippen molar-refractivity contribution >= 4 is 23.4 Å². The maximum Gasteiger partial charge on any atom is 0.294 e. The molecule has 190 valence electrons. The third-order valence-corrected chi connectivity index (χ3v) is 6.88. The third kappa shape index (κ3) is 5.01. The number of nitrogens with zero attached hydrogens (tertiary/aromatic N) is 6. The number of amides is 2. The fourth-order valence-corrected chi connectivity index (χ4v) is 4.87. The standard InChI is InChI=1S/C29H25ClN6O2/c1-29(2)18-34(27(37)23-6-3-5-22(15-23)21-11-9-20(17-31)10-12-21)13-14-35(29)28(38)26-32-19-36(33-26)25-8-4-7-24(30)16-25/h3-12,15-16,19H,13-14,18H2,1-2H3. The molecule has 0 N–H and O–H groups in total. The van der Waals surface area contributed by atoms with Crippen LogP contribution in [-0.4, -0.2) is 61.6 Å². The minimum atomic E-state index is -0.628. The van der Waals surface area contributed by atoms with E-state index >= 15 is 0 Å². The van der Waals surface area contributed by atoms with E-state index in [0.717, 1.165) is 11.1 Å². The van der Waals surface area contributed by atoms with Crippen LogP contribution in [0.25, 0.3) is 16.8 Å². The molecule has 2 heterocycles. The molecule has 2 amide bonds. The Labute approximate surface area is 225 Å². The normalized spacial score (nSPS) is 14.7. The lowest BCUT2D eigenvalue weighted by Crippen LogP contribution is -2.62. The van der Waals surface area contributed by atoms with E-state index in [4.69, 9.17) is 16.9 Å². The molecule has 9 heteroatoms. The van der Waals surface area contributed by atoms with Crippen molar-refractivity contribution in [1.29, 1.82) is 5.26 Å². The fraction of sp³-hybridized carbons (Fsp3) is 0.207. The molecule has 1 aliphatic heterocycles. The van der Waals surface area contributed by atoms with Crippen LogP contribution in [-0.2, 0) is 0 Å². The molecular formula is C29H25ClN6O2. The Morgan fingerprint density at radius 2 is 1.71 bits per heavy atom. The summed E-state index contributed by atoms with van der Waals surface area (Å²) in [5.41, 5.74) is 3.07. The molecule has 1 aliphatic rings. The molecule has 1 fully saturated rings. The highest BCUT2D eigenvalue weighted by Gasteiger charge is 2.40. The Balaban J connectivity index is 1.30. The van der Waals surface area contributed by atoms with Crippen molar-refractivity contribution in [2.75, 3.05) is 19.6 Å². The van der Waals surface area contributed by atoms with Crippen LogP contribution in [0.4, 0.5) is 0 Å². The van der Waals surface area contributed by atoms with Crippen molar-refractivity contribution in [3.05, 3.63) is 101 Å². The van der Waals surface area contributed by atoms with Gasteiger partial charge in [0, 0.05) is 30.2 Å². The monoisotopic (exact) mass is 524 g/mol. The Morgan fingerprint density at radius 1 is 0.947 bits per heavy atom. The molecule has 1 saturated heterocycles. The van der Waals surface area contributed by atoms with E-state index in [1.165, 1.54) is 11.0 Å². The maximum atomic E-state index is 13.4. The highest BCUT2D eigenvalue weighted by molar-refractivity contribution is 6.30. The minimum Gasteiger partial charge on any atom is -0.335 e. The first kappa shape index (κ1) is 25.2. The van der Waals surface area contributed by atoms with Gasteiger partial charge in [0.2, 0.25) is 5.82 Å². The highest BCUT2D eigenvalue weighted by Crippen LogP contribution is 2.26. The van der Waals surface area contributed by atoms with Crippen LogP contribution in [0.5, 0.6) is 0 Å². The average molecular weight is 525 g/mol. The summed E-state index contributed by atoms with van der Waals surface area (Å²) in [5, 5.41) is 14.0. The molecule has 8 nitrogen and oxygen atoms in total. The zero-order valence-corrected chi connectivity index (χ0v) is 21.8. The number of hydrogen-bond donors (Lipinski definition) is 0. The van der Waals surface area contributed by atoms with Gasteiger partial charge in [0.15, 0.2) is 0 Å². The molecule has 5 rings (SSSR count). The van der Waals surface area contributed by atoms with Crippen molar-refractivity contribution in [3.63, 3.8) is 0 Å². The second-order valence-corrected chi connectivity index (χ2v) is 10.2. The summed E-state index contributed by atoms with van der Waals surface area (Å²) in [7, 11) is 0. The van der Waals surface area contributed by atoms with E-state index in [1.807, 2.05) is 50.2 Å². The summed E-state index contributed by atoms with van der Waals surface area (Å²) in [6.45, 7) is 4.99. The summed E-state index contributed by atoms with van der Waals surface area (Å²) in [6, 6.07) is 24.0. The van der Waals surface area contributed by atoms with Crippen molar-refractivity contribution in [2.45, 2.75) is 19.4 Å². The molecule has 0 bridgehead atoms. The highest BCUT2D eigenvalue weighted by atomic mass is 35.5. The summed E-state index contributed by atoms with van der Waals surface area (Å²) in [4.78, 5) is 34.5. The molecule has 3 aromatic carbocycles. The number of nitriles is 1. The smallest absolute Gasteiger partial charge is 0.294 e. The SMILES string of the molecule is CC1(C)CN(C(=O)c2cccc(-c3ccc(C#N)cc3)c2)CCN1C(=O)c1ncn(-c2cccc(Cl)c2)n1. The number of aromatic nitrogens is 3. The van der Waals surface area contributed by atoms with E-state index in [1.54, 1.807) is 46.2 Å². The molecule has 4 aromatic rings. The molecule has 0 spiro atoms. The predicted molar refractivity (Wildman–Crippen MR) is 144 cm³/mol. The van der Waals surface area contributed by atoms with Gasteiger partial charge in [-0.05, 0) is 67.4 Å². The van der Waals surface area contributed by atoms with E-state index < -0.39 is 5.54 Å². The van der Waals surface area contributed by atoms with Crippen LogP contribution in [0.3, 0.4) is 0 Å². The molecule has 0 unspecified atom stereocenters. The summed E-state index contributed by atoms with van der Waals surface area (Å²) >= 11 is 6.08. The Hall–Kier alpha value is -4.48. The van der Waals surface area contributed by atoms with Crippen LogP contribution in [0, 0.1) is 11.3 Å². The van der Waals surface area contributed by atoms with E-state index in [0.29, 0.717) is 41.5 Å². The van der Waals surface area contributed by atoms with Gasteiger partial charge in [0.05, 0.1) is 22.9 Å². The van der Waals surface area contributed by atoms with Crippen LogP contribution in [0.15, 0.2) is 79.1 Å². The Morgan fingerprint density at radius 3 is 2.42 bits per heavy atom. The van der Waals surface area contributed by atoms with E-state index in [9.17, 15) is 9.59 Å². The topological polar surface area (TPSA) is 95.1 Å². The number of carbonyl (C=O) groups excluding carboxylic acids is 2. The van der Waals surface area contributed by atoms with Crippen LogP contribution in [0.1, 0.15) is 40.4 Å². The summed E-state index contributed by atoms with van der Waals surface area (Å²) in [6.07, 6.45) is 1.49. The number of halogens is 1. The van der Waals surface area contributed by atoms with Gasteiger partial charge < -0.3 is 9.80 Å². The van der Waals surface area contributed by atoms with Gasteiger partial charge in [-0.1, -0.05) is 41.9 Å². The third-order valence-electron chi connectivity index (χ3n) is 6.65. The second kappa shape index (κ2) is 10.1. The van der Waals surface area contributed by atoms with E-state index in [-0.39, 0.29) is 17.6 Å². The van der Waals surface area contributed by atoms with Crippen molar-refractivity contribution < 1.29 is 9.59 Å². The Kier molecular flexibility index (Phi) is 6.70. The average Bonchev–Trinajstić information content (AvgIpc) is 3.42. The molecule has 38 heavy (non-hydrogen) atoms. The van der Waals surface area contributed by atoms with Crippen molar-refractivity contribution in [3.8, 4) is 22.9 Å². The maximum absolute atomic E-state index is 13.4. The first-order valence-corrected chi connectivity index (χ1v) is 12.5. The lowest BCUT2D eigenvalue weighted by Gasteiger charge is -2.46. The number of benzene rings is 3. The summed E-state index contributed by atoms with van der Waals surface area (Å²) in [5.74, 6) is -0.289. The lowest BCUT2D eigenvalue weighted by molar-refractivity contribution is 0.0160. The molecule has 1 aromatic heterocycles. The Bertz CT molecular complexity index is 1550. The first-order chi connectivity index (χ1) is 18.2. The van der Waals surface area contributed by atoms with Gasteiger partial charge in [0.25, 0.3) is 11.8 Å². The number of piperazine rings is 1. The number of hydrogen-bond acceptors (Lipinski definition) is 5. The fourth-order valence-electron chi connectivity index (χ4n) is 4.68. The van der Waals surface area contributed by atoms with Crippen LogP contribution in [0.2, 0.25) is 5.02 Å². The van der Waals surface area contributed by atoms with Crippen molar-refractivity contribution in [1.82, 2.24) is 24.6 Å². The van der Waals surface area contributed by atoms with Gasteiger partial charge in [-0.2, -0.15) is 5.26 Å². The van der Waals surface area contributed by atoms with Crippen LogP contribution >= 0.6 is 11.6 Å². The van der Waals surface area contributed by atoms with Gasteiger partial charge in [-0.3, -0.25) is 9.59 Å². The van der Waals surface area contributed by atoms with Gasteiger partial charge >= 0.3 is 0 Å². The predicted octanol–water partition coefficient (Wildman–Crippen LogP) is 4.84. The molecule has 0 radical (unpaired) electrons. The second-order valence-electron chi connectivity index (χ2n) is 9.76. The van der Waals surface area contributed by atoms with Gasteiger partial charge in [0.1, 0.15) is 6.33 Å². The van der Waals surface area contributed by atoms with Gasteiger partial charge in [-0.25, -0.2) is 9.67 Å². The van der Waals surface area contributed by atoms with Crippen LogP contribution < -0.4 is 0 Å². The first-order valence-electron chi connectivity index (χ1n) is 12.1. The lowest BCUT2D eigenvalue weighted by atomic mass is 9.97. The quantitative estimate of drug-likeness (QED) is 0.381. The summed E-state index contributed by atoms with van der Waals surface area (Å²) < 4.78 is 1.52. The molecule has 0 aliphatic carbocycles. The molecule has 0 saturated carbocycles. The zero-order valence-electron chi connectivity index (χ0n) is 21.0. The number of rotatable bonds is 4. The molecular weight excluding hydrogens is 500 g/mol. The minimum absolute atomic E-state index is 0.0907. The zero-order chi connectivity index (χ0) is 26.9. The van der Waals surface area contributed by atoms with E-state index in [2.05, 4.69) is 16.2 Å². The molecule has 0 atom stereocenters. The number of carbonyl (C=O) groups is 2. The van der Waals surface area contributed by atoms with Gasteiger partial charge in [-0.15, -0.1) is 5.10 Å².